The highest BCUT2D eigenvalue weighted by molar-refractivity contribution is 7.90. The molecule has 21 heavy (non-hydrogen) atoms. The Morgan fingerprint density at radius 2 is 2.38 bits per heavy atom. The Morgan fingerprint density at radius 3 is 3.00 bits per heavy atom. The molecule has 2 heterocycles. The van der Waals surface area contributed by atoms with Gasteiger partial charge >= 0.3 is 6.03 Å². The molecular weight excluding hydrogens is 316 g/mol. The summed E-state index contributed by atoms with van der Waals surface area (Å²) < 4.78 is 31.3. The van der Waals surface area contributed by atoms with Crippen LogP contribution in [0.5, 0.6) is 5.06 Å². The number of anilines is 1. The molecule has 1 aromatic heterocycles. The van der Waals surface area contributed by atoms with Crippen LogP contribution in [0.2, 0.25) is 0 Å². The maximum absolute atomic E-state index is 12.1. The number of likely N-dealkylation sites (tertiary alicyclic amines) is 1. The summed E-state index contributed by atoms with van der Waals surface area (Å²) >= 11 is 1.21. The molecule has 0 aromatic carbocycles. The molecule has 1 aliphatic rings. The van der Waals surface area contributed by atoms with Crippen molar-refractivity contribution in [3.8, 4) is 5.06 Å². The van der Waals surface area contributed by atoms with Crippen LogP contribution in [0.1, 0.15) is 13.3 Å². The van der Waals surface area contributed by atoms with Crippen LogP contribution in [0.25, 0.3) is 0 Å². The third kappa shape index (κ3) is 3.83. The fraction of sp³-hybridized carbons (Fsp3) is 0.636. The normalized spacial score (nSPS) is 18.8. The average molecular weight is 334 g/mol. The van der Waals surface area contributed by atoms with Crippen LogP contribution in [0.4, 0.5) is 9.93 Å². The van der Waals surface area contributed by atoms with Crippen molar-refractivity contribution in [2.24, 2.45) is 0 Å². The van der Waals surface area contributed by atoms with E-state index < -0.39 is 15.3 Å². The van der Waals surface area contributed by atoms with E-state index >= 15 is 0 Å². The highest BCUT2D eigenvalue weighted by Crippen LogP contribution is 2.25. The minimum atomic E-state index is -3.35. The lowest BCUT2D eigenvalue weighted by Gasteiger charge is -2.16. The summed E-state index contributed by atoms with van der Waals surface area (Å²) in [6.45, 7) is 2.67. The summed E-state index contributed by atoms with van der Waals surface area (Å²) in [5, 5.41) is 3.10. The first-order valence-electron chi connectivity index (χ1n) is 6.50. The number of methoxy groups -OCH3 is 1. The van der Waals surface area contributed by atoms with E-state index in [0.717, 1.165) is 0 Å². The van der Waals surface area contributed by atoms with Crippen LogP contribution in [-0.2, 0) is 10.0 Å². The highest BCUT2D eigenvalue weighted by atomic mass is 32.2. The zero-order valence-electron chi connectivity index (χ0n) is 11.8. The quantitative estimate of drug-likeness (QED) is 0.825. The predicted molar refractivity (Wildman–Crippen MR) is 80.3 cm³/mol. The number of nitrogens with zero attached hydrogens (tertiary/aromatic N) is 2. The summed E-state index contributed by atoms with van der Waals surface area (Å²) in [7, 11) is -1.83. The van der Waals surface area contributed by atoms with Gasteiger partial charge in [-0.25, -0.2) is 22.9 Å². The van der Waals surface area contributed by atoms with Crippen molar-refractivity contribution in [1.82, 2.24) is 14.6 Å². The molecule has 2 N–H and O–H groups in total. The number of hydrogen-bond acceptors (Lipinski definition) is 6. The van der Waals surface area contributed by atoms with Crippen LogP contribution < -0.4 is 14.8 Å². The maximum Gasteiger partial charge on any atom is 0.323 e. The van der Waals surface area contributed by atoms with Gasteiger partial charge in [-0.3, -0.25) is 5.32 Å². The molecular formula is C11H18N4O4S2. The van der Waals surface area contributed by atoms with Gasteiger partial charge in [0.2, 0.25) is 10.0 Å². The van der Waals surface area contributed by atoms with Crippen molar-refractivity contribution in [2.75, 3.05) is 32.1 Å². The molecule has 0 bridgehead atoms. The highest BCUT2D eigenvalue weighted by Gasteiger charge is 2.34. The van der Waals surface area contributed by atoms with Gasteiger partial charge in [0.1, 0.15) is 0 Å². The largest absolute Gasteiger partial charge is 0.486 e. The zero-order chi connectivity index (χ0) is 15.5. The first-order valence-corrected chi connectivity index (χ1v) is 8.86. The van der Waals surface area contributed by atoms with Gasteiger partial charge in [0.25, 0.3) is 0 Å². The van der Waals surface area contributed by atoms with Crippen molar-refractivity contribution < 1.29 is 17.9 Å². The minimum Gasteiger partial charge on any atom is -0.486 e. The van der Waals surface area contributed by atoms with E-state index in [2.05, 4.69) is 15.0 Å². The van der Waals surface area contributed by atoms with Crippen molar-refractivity contribution >= 4 is 32.5 Å². The topological polar surface area (TPSA) is 101 Å². The molecule has 1 atom stereocenters. The predicted octanol–water partition coefficient (Wildman–Crippen LogP) is 0.697. The van der Waals surface area contributed by atoms with Crippen LogP contribution in [-0.4, -0.2) is 56.3 Å². The molecule has 1 saturated heterocycles. The van der Waals surface area contributed by atoms with E-state index in [4.69, 9.17) is 4.74 Å². The number of amides is 2. The van der Waals surface area contributed by atoms with Gasteiger partial charge in [-0.15, -0.1) is 0 Å². The SMILES string of the molecule is CCNS(=O)(=O)C1CCN(C(=O)Nc2ncc(OC)s2)C1. The molecule has 0 radical (unpaired) electrons. The van der Waals surface area contributed by atoms with E-state index in [1.165, 1.54) is 29.5 Å². The van der Waals surface area contributed by atoms with E-state index in [1.54, 1.807) is 6.92 Å². The van der Waals surface area contributed by atoms with Crippen LogP contribution >= 0.6 is 11.3 Å². The number of aromatic nitrogens is 1. The molecule has 0 saturated carbocycles. The van der Waals surface area contributed by atoms with Crippen molar-refractivity contribution in [1.29, 1.82) is 0 Å². The Balaban J connectivity index is 1.93. The van der Waals surface area contributed by atoms with E-state index in [0.29, 0.717) is 29.7 Å². The number of ether oxygens (including phenoxy) is 1. The molecule has 1 aromatic rings. The Hall–Kier alpha value is -1.39. The Labute approximate surface area is 127 Å². The molecule has 10 heteroatoms. The number of rotatable bonds is 5. The molecule has 0 aliphatic carbocycles. The standard InChI is InChI=1S/C11H18N4O4S2/c1-3-13-21(17,18)8-4-5-15(7-8)11(16)14-10-12-6-9(19-2)20-10/h6,8,13H,3-5,7H2,1-2H3,(H,12,14,16). The fourth-order valence-electron chi connectivity index (χ4n) is 2.07. The molecule has 2 rings (SSSR count). The molecule has 1 aliphatic heterocycles. The summed E-state index contributed by atoms with van der Waals surface area (Å²) in [6, 6.07) is -0.346. The van der Waals surface area contributed by atoms with Gasteiger partial charge in [0.05, 0.1) is 18.6 Å². The second kappa shape index (κ2) is 6.58. The molecule has 2 amide bonds. The second-order valence-electron chi connectivity index (χ2n) is 4.52. The summed E-state index contributed by atoms with van der Waals surface area (Å²) in [4.78, 5) is 17.5. The number of urea groups is 1. The molecule has 118 valence electrons. The van der Waals surface area contributed by atoms with E-state index in [9.17, 15) is 13.2 Å². The van der Waals surface area contributed by atoms with Crippen LogP contribution in [0.15, 0.2) is 6.20 Å². The Kier molecular flexibility index (Phi) is 5.01. The number of sulfonamides is 1. The maximum atomic E-state index is 12.1. The van der Waals surface area contributed by atoms with E-state index in [-0.39, 0.29) is 12.6 Å². The first-order chi connectivity index (χ1) is 9.96. The lowest BCUT2D eigenvalue weighted by atomic mass is 10.4. The number of carbonyl (C=O) groups is 1. The Morgan fingerprint density at radius 1 is 1.62 bits per heavy atom. The fourth-order valence-corrected chi connectivity index (χ4v) is 4.12. The summed E-state index contributed by atoms with van der Waals surface area (Å²) in [5.74, 6) is 0. The summed E-state index contributed by atoms with van der Waals surface area (Å²) in [5.41, 5.74) is 0. The first kappa shape index (κ1) is 16.0. The monoisotopic (exact) mass is 334 g/mol. The van der Waals surface area contributed by atoms with Crippen LogP contribution in [0, 0.1) is 0 Å². The second-order valence-corrected chi connectivity index (χ2v) is 7.56. The van der Waals surface area contributed by atoms with Gasteiger partial charge in [-0.05, 0) is 6.42 Å². The number of carbonyl (C=O) groups excluding carboxylic acids is 1. The van der Waals surface area contributed by atoms with Crippen molar-refractivity contribution in [2.45, 2.75) is 18.6 Å². The minimum absolute atomic E-state index is 0.184. The number of hydrogen-bond donors (Lipinski definition) is 2. The smallest absolute Gasteiger partial charge is 0.323 e. The van der Waals surface area contributed by atoms with Gasteiger partial charge < -0.3 is 9.64 Å². The van der Waals surface area contributed by atoms with Crippen molar-refractivity contribution in [3.05, 3.63) is 6.20 Å². The summed E-state index contributed by atoms with van der Waals surface area (Å²) in [6.07, 6.45) is 1.95. The van der Waals surface area contributed by atoms with E-state index in [1.807, 2.05) is 0 Å². The van der Waals surface area contributed by atoms with Gasteiger partial charge in [-0.1, -0.05) is 18.3 Å². The third-order valence-electron chi connectivity index (χ3n) is 3.12. The van der Waals surface area contributed by atoms with Crippen molar-refractivity contribution in [3.63, 3.8) is 0 Å². The lowest BCUT2D eigenvalue weighted by molar-refractivity contribution is 0.222. The average Bonchev–Trinajstić information content (AvgIpc) is 3.07. The Bertz CT molecular complexity index is 601. The van der Waals surface area contributed by atoms with Gasteiger partial charge in [0, 0.05) is 19.6 Å². The third-order valence-corrected chi connectivity index (χ3v) is 5.94. The molecule has 8 nitrogen and oxygen atoms in total. The van der Waals surface area contributed by atoms with Gasteiger partial charge in [-0.2, -0.15) is 0 Å². The molecule has 0 spiro atoms. The van der Waals surface area contributed by atoms with Gasteiger partial charge in [0.15, 0.2) is 10.2 Å². The number of nitrogens with one attached hydrogen (secondary N) is 2. The molecule has 1 fully saturated rings. The lowest BCUT2D eigenvalue weighted by Crippen LogP contribution is -2.38. The zero-order valence-corrected chi connectivity index (χ0v) is 13.5. The number of thiazole rings is 1. The molecule has 1 unspecified atom stereocenters. The van der Waals surface area contributed by atoms with Crippen LogP contribution in [0.3, 0.4) is 0 Å².